The molecule has 5 heteroatoms. The van der Waals surface area contributed by atoms with Gasteiger partial charge in [-0.2, -0.15) is 5.10 Å². The minimum atomic E-state index is 0.319. The molecule has 0 aliphatic heterocycles. The van der Waals surface area contributed by atoms with Crippen molar-refractivity contribution in [1.29, 1.82) is 0 Å². The van der Waals surface area contributed by atoms with E-state index < -0.39 is 0 Å². The van der Waals surface area contributed by atoms with Crippen molar-refractivity contribution < 1.29 is 0 Å². The molecule has 0 spiro atoms. The highest BCUT2D eigenvalue weighted by molar-refractivity contribution is 7.11. The third-order valence-corrected chi connectivity index (χ3v) is 5.31. The van der Waals surface area contributed by atoms with Crippen molar-refractivity contribution in [1.82, 2.24) is 20.1 Å². The Labute approximate surface area is 125 Å². The van der Waals surface area contributed by atoms with E-state index >= 15 is 0 Å². The summed E-state index contributed by atoms with van der Waals surface area (Å²) in [6.45, 7) is 11.6. The van der Waals surface area contributed by atoms with Gasteiger partial charge in [0, 0.05) is 41.7 Å². The molecule has 0 saturated heterocycles. The summed E-state index contributed by atoms with van der Waals surface area (Å²) in [7, 11) is 1.98. The van der Waals surface area contributed by atoms with Crippen molar-refractivity contribution in [2.75, 3.05) is 0 Å². The predicted molar refractivity (Wildman–Crippen MR) is 84.1 cm³/mol. The second-order valence-corrected chi connectivity index (χ2v) is 6.70. The van der Waals surface area contributed by atoms with Gasteiger partial charge in [-0.15, -0.1) is 11.3 Å². The molecule has 0 amide bonds. The monoisotopic (exact) mass is 292 g/mol. The van der Waals surface area contributed by atoms with E-state index in [2.05, 4.69) is 50.0 Å². The molecule has 1 atom stereocenters. The van der Waals surface area contributed by atoms with Crippen LogP contribution in [0.25, 0.3) is 0 Å². The first-order valence-corrected chi connectivity index (χ1v) is 7.89. The number of hydrogen-bond donors (Lipinski definition) is 1. The fourth-order valence-corrected chi connectivity index (χ4v) is 3.25. The number of aromatic nitrogens is 3. The summed E-state index contributed by atoms with van der Waals surface area (Å²) in [6.07, 6.45) is 1.94. The quantitative estimate of drug-likeness (QED) is 0.917. The van der Waals surface area contributed by atoms with Crippen LogP contribution in [0.1, 0.15) is 59.6 Å². The molecule has 2 rings (SSSR count). The molecule has 1 unspecified atom stereocenters. The van der Waals surface area contributed by atoms with Crippen LogP contribution in [-0.2, 0) is 13.6 Å². The highest BCUT2D eigenvalue weighted by atomic mass is 32.1. The van der Waals surface area contributed by atoms with Gasteiger partial charge in [-0.05, 0) is 20.8 Å². The van der Waals surface area contributed by atoms with Gasteiger partial charge < -0.3 is 5.32 Å². The number of hydrogen-bond acceptors (Lipinski definition) is 4. The standard InChI is InChI=1S/C15H24N4S/c1-9(2)15-18-11(4)14(20-15)10(3)16-7-13-8-17-19(6)12(13)5/h8-10,16H,7H2,1-6H3. The molecule has 0 aromatic carbocycles. The smallest absolute Gasteiger partial charge is 0.0956 e. The fourth-order valence-electron chi connectivity index (χ4n) is 2.15. The molecule has 2 aromatic heterocycles. The number of rotatable bonds is 5. The molecule has 110 valence electrons. The van der Waals surface area contributed by atoms with Crippen LogP contribution < -0.4 is 5.32 Å². The van der Waals surface area contributed by atoms with Gasteiger partial charge in [-0.25, -0.2) is 4.98 Å². The molecule has 0 radical (unpaired) electrons. The van der Waals surface area contributed by atoms with Crippen molar-refractivity contribution in [3.63, 3.8) is 0 Å². The Kier molecular flexibility index (Phi) is 4.60. The Morgan fingerprint density at radius 3 is 2.50 bits per heavy atom. The summed E-state index contributed by atoms with van der Waals surface area (Å²) < 4.78 is 1.91. The van der Waals surface area contributed by atoms with Gasteiger partial charge in [0.25, 0.3) is 0 Å². The zero-order valence-corrected chi connectivity index (χ0v) is 14.0. The zero-order chi connectivity index (χ0) is 14.9. The zero-order valence-electron chi connectivity index (χ0n) is 13.2. The van der Waals surface area contributed by atoms with E-state index in [0.717, 1.165) is 12.2 Å². The third-order valence-electron chi connectivity index (χ3n) is 3.67. The second kappa shape index (κ2) is 6.06. The summed E-state index contributed by atoms with van der Waals surface area (Å²) >= 11 is 1.83. The number of nitrogens with one attached hydrogen (secondary N) is 1. The minimum absolute atomic E-state index is 0.319. The molecule has 0 bridgehead atoms. The predicted octanol–water partition coefficient (Wildman–Crippen LogP) is 3.47. The van der Waals surface area contributed by atoms with Crippen molar-refractivity contribution in [3.05, 3.63) is 33.0 Å². The van der Waals surface area contributed by atoms with Gasteiger partial charge in [-0.1, -0.05) is 13.8 Å². The summed E-state index contributed by atoms with van der Waals surface area (Å²) in [5.41, 5.74) is 3.63. The topological polar surface area (TPSA) is 42.7 Å². The van der Waals surface area contributed by atoms with Crippen LogP contribution in [0.4, 0.5) is 0 Å². The summed E-state index contributed by atoms with van der Waals surface area (Å²) in [6, 6.07) is 0.319. The van der Waals surface area contributed by atoms with Gasteiger partial charge in [0.2, 0.25) is 0 Å². The maximum absolute atomic E-state index is 4.67. The number of thiazole rings is 1. The SMILES string of the molecule is Cc1nc(C(C)C)sc1C(C)NCc1cnn(C)c1C. The molecule has 2 heterocycles. The van der Waals surface area contributed by atoms with Crippen LogP contribution in [0.2, 0.25) is 0 Å². The first kappa shape index (κ1) is 15.2. The van der Waals surface area contributed by atoms with E-state index in [1.807, 2.05) is 29.3 Å². The summed E-state index contributed by atoms with van der Waals surface area (Å²) in [5, 5.41) is 9.08. The van der Waals surface area contributed by atoms with E-state index in [4.69, 9.17) is 0 Å². The van der Waals surface area contributed by atoms with Crippen LogP contribution in [0.5, 0.6) is 0 Å². The number of aryl methyl sites for hydroxylation is 2. The van der Waals surface area contributed by atoms with Crippen molar-refractivity contribution in [2.45, 2.75) is 53.1 Å². The average Bonchev–Trinajstić information content (AvgIpc) is 2.93. The molecule has 0 saturated carbocycles. The van der Waals surface area contributed by atoms with Crippen LogP contribution in [-0.4, -0.2) is 14.8 Å². The molecule has 20 heavy (non-hydrogen) atoms. The largest absolute Gasteiger partial charge is 0.305 e. The van der Waals surface area contributed by atoms with Crippen LogP contribution in [0, 0.1) is 13.8 Å². The van der Waals surface area contributed by atoms with Crippen LogP contribution in [0.15, 0.2) is 6.20 Å². The highest BCUT2D eigenvalue weighted by Gasteiger charge is 2.16. The highest BCUT2D eigenvalue weighted by Crippen LogP contribution is 2.29. The Hall–Kier alpha value is -1.20. The average molecular weight is 292 g/mol. The first-order chi connectivity index (χ1) is 9.40. The lowest BCUT2D eigenvalue weighted by Crippen LogP contribution is -2.18. The first-order valence-electron chi connectivity index (χ1n) is 7.08. The van der Waals surface area contributed by atoms with Gasteiger partial charge in [0.05, 0.1) is 16.9 Å². The molecular formula is C15H24N4S. The van der Waals surface area contributed by atoms with Crippen molar-refractivity contribution >= 4 is 11.3 Å². The number of nitrogens with zero attached hydrogens (tertiary/aromatic N) is 3. The van der Waals surface area contributed by atoms with Crippen molar-refractivity contribution in [2.24, 2.45) is 7.05 Å². The van der Waals surface area contributed by atoms with E-state index in [-0.39, 0.29) is 0 Å². The Morgan fingerprint density at radius 2 is 2.00 bits per heavy atom. The lowest BCUT2D eigenvalue weighted by molar-refractivity contribution is 0.577. The van der Waals surface area contributed by atoms with E-state index in [0.29, 0.717) is 12.0 Å². The normalized spacial score (nSPS) is 13.2. The Bertz CT molecular complexity index is 583. The molecule has 1 N–H and O–H groups in total. The van der Waals surface area contributed by atoms with Gasteiger partial charge in [0.1, 0.15) is 0 Å². The summed E-state index contributed by atoms with van der Waals surface area (Å²) in [5.74, 6) is 0.500. The maximum atomic E-state index is 4.67. The van der Waals surface area contributed by atoms with E-state index in [1.165, 1.54) is 21.1 Å². The fraction of sp³-hybridized carbons (Fsp3) is 0.600. The van der Waals surface area contributed by atoms with E-state index in [9.17, 15) is 0 Å². The lowest BCUT2D eigenvalue weighted by Gasteiger charge is -2.12. The Morgan fingerprint density at radius 1 is 1.30 bits per heavy atom. The summed E-state index contributed by atoms with van der Waals surface area (Å²) in [4.78, 5) is 6.01. The van der Waals surface area contributed by atoms with Gasteiger partial charge in [0.15, 0.2) is 0 Å². The Balaban J connectivity index is 2.05. The molecule has 0 aliphatic carbocycles. The maximum Gasteiger partial charge on any atom is 0.0956 e. The lowest BCUT2D eigenvalue weighted by atomic mass is 10.2. The van der Waals surface area contributed by atoms with Crippen LogP contribution in [0.3, 0.4) is 0 Å². The molecule has 0 aliphatic rings. The van der Waals surface area contributed by atoms with Crippen LogP contribution >= 0.6 is 11.3 Å². The molecule has 4 nitrogen and oxygen atoms in total. The third kappa shape index (κ3) is 3.10. The van der Waals surface area contributed by atoms with Gasteiger partial charge >= 0.3 is 0 Å². The van der Waals surface area contributed by atoms with E-state index in [1.54, 1.807) is 0 Å². The molecular weight excluding hydrogens is 268 g/mol. The molecule has 0 fully saturated rings. The second-order valence-electron chi connectivity index (χ2n) is 5.64. The van der Waals surface area contributed by atoms with Crippen molar-refractivity contribution in [3.8, 4) is 0 Å². The minimum Gasteiger partial charge on any atom is -0.305 e. The van der Waals surface area contributed by atoms with Gasteiger partial charge in [-0.3, -0.25) is 4.68 Å². The molecule has 2 aromatic rings.